The molecule has 0 amide bonds. The van der Waals surface area contributed by atoms with Crippen molar-refractivity contribution < 1.29 is 0 Å². The minimum absolute atomic E-state index is 0.847. The molecule has 17 heavy (non-hydrogen) atoms. The van der Waals surface area contributed by atoms with Gasteiger partial charge in [-0.1, -0.05) is 49.1 Å². The number of hydrogen-bond acceptors (Lipinski definition) is 1. The van der Waals surface area contributed by atoms with Crippen LogP contribution in [-0.2, 0) is 0 Å². The maximum Gasteiger partial charge on any atom is 0.0629 e. The summed E-state index contributed by atoms with van der Waals surface area (Å²) < 4.78 is 0. The van der Waals surface area contributed by atoms with Gasteiger partial charge in [-0.25, -0.2) is 0 Å². The van der Waals surface area contributed by atoms with Gasteiger partial charge in [0.1, 0.15) is 0 Å². The van der Waals surface area contributed by atoms with Crippen molar-refractivity contribution in [3.05, 3.63) is 79.1 Å². The highest BCUT2D eigenvalue weighted by Gasteiger charge is 1.88. The molecule has 1 aromatic carbocycles. The number of nitrogens with zero attached hydrogens (tertiary/aromatic N) is 1. The summed E-state index contributed by atoms with van der Waals surface area (Å²) >= 11 is 0. The molecule has 0 aliphatic rings. The SMILES string of the molecule is C=CCC=CC=NC(C=C)=Cc1ccccc1. The van der Waals surface area contributed by atoms with Crippen molar-refractivity contribution in [3.8, 4) is 0 Å². The van der Waals surface area contributed by atoms with Crippen molar-refractivity contribution in [2.75, 3.05) is 0 Å². The molecule has 0 saturated carbocycles. The van der Waals surface area contributed by atoms with Gasteiger partial charge in [-0.3, -0.25) is 4.99 Å². The Balaban J connectivity index is 2.69. The third-order valence-electron chi connectivity index (χ3n) is 2.07. The van der Waals surface area contributed by atoms with Crippen LogP contribution in [0.15, 0.2) is 78.5 Å². The Morgan fingerprint density at radius 3 is 2.59 bits per heavy atom. The zero-order valence-electron chi connectivity index (χ0n) is 9.92. The summed E-state index contributed by atoms with van der Waals surface area (Å²) in [6.07, 6.45) is 12.1. The van der Waals surface area contributed by atoms with E-state index in [9.17, 15) is 0 Å². The summed E-state index contributed by atoms with van der Waals surface area (Å²) in [6, 6.07) is 10.1. The summed E-state index contributed by atoms with van der Waals surface area (Å²) in [5, 5.41) is 0. The minimum atomic E-state index is 0.847. The maximum absolute atomic E-state index is 4.31. The van der Waals surface area contributed by atoms with Crippen LogP contribution in [0.3, 0.4) is 0 Å². The van der Waals surface area contributed by atoms with E-state index in [1.807, 2.05) is 54.6 Å². The molecule has 0 aromatic heterocycles. The van der Waals surface area contributed by atoms with Crippen molar-refractivity contribution in [3.63, 3.8) is 0 Å². The van der Waals surface area contributed by atoms with Gasteiger partial charge in [0.2, 0.25) is 0 Å². The molecule has 0 aliphatic heterocycles. The molecule has 0 fully saturated rings. The summed E-state index contributed by atoms with van der Waals surface area (Å²) in [5.74, 6) is 0. The molecule has 0 radical (unpaired) electrons. The van der Waals surface area contributed by atoms with Crippen molar-refractivity contribution >= 4 is 12.3 Å². The third-order valence-corrected chi connectivity index (χ3v) is 2.07. The quantitative estimate of drug-likeness (QED) is 0.384. The van der Waals surface area contributed by atoms with E-state index in [-0.39, 0.29) is 0 Å². The predicted octanol–water partition coefficient (Wildman–Crippen LogP) is 4.42. The normalized spacial score (nSPS) is 12.1. The highest BCUT2D eigenvalue weighted by Crippen LogP contribution is 2.07. The number of hydrogen-bond donors (Lipinski definition) is 0. The molecule has 1 rings (SSSR count). The van der Waals surface area contributed by atoms with E-state index in [0.717, 1.165) is 17.7 Å². The first-order chi connectivity index (χ1) is 8.36. The molecule has 1 heteroatoms. The highest BCUT2D eigenvalue weighted by molar-refractivity contribution is 5.73. The molecule has 0 N–H and O–H groups in total. The molecule has 0 unspecified atom stereocenters. The molecule has 0 heterocycles. The third kappa shape index (κ3) is 5.47. The Morgan fingerprint density at radius 2 is 1.94 bits per heavy atom. The molecule has 1 aromatic rings. The predicted molar refractivity (Wildman–Crippen MR) is 77.1 cm³/mol. The van der Waals surface area contributed by atoms with Crippen LogP contribution in [0.5, 0.6) is 0 Å². The molecule has 0 atom stereocenters. The monoisotopic (exact) mass is 223 g/mol. The first-order valence-electron chi connectivity index (χ1n) is 5.56. The first kappa shape index (κ1) is 12.9. The number of benzene rings is 1. The second-order valence-corrected chi connectivity index (χ2v) is 3.41. The maximum atomic E-state index is 4.31. The van der Waals surface area contributed by atoms with E-state index < -0.39 is 0 Å². The lowest BCUT2D eigenvalue weighted by Crippen LogP contribution is -1.75. The number of aliphatic imine (C=N–C) groups is 1. The van der Waals surface area contributed by atoms with Crippen LogP contribution in [0.1, 0.15) is 12.0 Å². The lowest BCUT2D eigenvalue weighted by molar-refractivity contribution is 1.41. The van der Waals surface area contributed by atoms with E-state index in [0.29, 0.717) is 0 Å². The largest absolute Gasteiger partial charge is 0.257 e. The summed E-state index contributed by atoms with van der Waals surface area (Å²) in [4.78, 5) is 4.31. The van der Waals surface area contributed by atoms with E-state index in [1.165, 1.54) is 0 Å². The molecule has 86 valence electrons. The molecule has 0 bridgehead atoms. The Bertz CT molecular complexity index is 436. The van der Waals surface area contributed by atoms with Gasteiger partial charge < -0.3 is 0 Å². The summed E-state index contributed by atoms with van der Waals surface area (Å²) in [5.41, 5.74) is 1.97. The van der Waals surface area contributed by atoms with Crippen molar-refractivity contribution in [1.29, 1.82) is 0 Å². The van der Waals surface area contributed by atoms with Gasteiger partial charge >= 0.3 is 0 Å². The van der Waals surface area contributed by atoms with E-state index >= 15 is 0 Å². The average molecular weight is 223 g/mol. The van der Waals surface area contributed by atoms with Gasteiger partial charge in [0.15, 0.2) is 0 Å². The Morgan fingerprint density at radius 1 is 1.18 bits per heavy atom. The molecule has 0 spiro atoms. The number of rotatable bonds is 6. The van der Waals surface area contributed by atoms with Gasteiger partial charge in [0, 0.05) is 6.21 Å². The van der Waals surface area contributed by atoms with E-state index in [4.69, 9.17) is 0 Å². The number of allylic oxidation sites excluding steroid dienone is 4. The fourth-order valence-corrected chi connectivity index (χ4v) is 1.23. The lowest BCUT2D eigenvalue weighted by Gasteiger charge is -1.94. The van der Waals surface area contributed by atoms with Crippen LogP contribution in [0, 0.1) is 0 Å². The second kappa shape index (κ2) is 8.05. The van der Waals surface area contributed by atoms with Crippen molar-refractivity contribution in [1.82, 2.24) is 0 Å². The Hall–Kier alpha value is -2.15. The van der Waals surface area contributed by atoms with Crippen molar-refractivity contribution in [2.24, 2.45) is 4.99 Å². The second-order valence-electron chi connectivity index (χ2n) is 3.41. The first-order valence-corrected chi connectivity index (χ1v) is 5.56. The topological polar surface area (TPSA) is 12.4 Å². The van der Waals surface area contributed by atoms with Gasteiger partial charge in [-0.05, 0) is 30.2 Å². The fourth-order valence-electron chi connectivity index (χ4n) is 1.23. The average Bonchev–Trinajstić information content (AvgIpc) is 2.38. The van der Waals surface area contributed by atoms with Gasteiger partial charge in [-0.2, -0.15) is 0 Å². The lowest BCUT2D eigenvalue weighted by atomic mass is 10.2. The fraction of sp³-hybridized carbons (Fsp3) is 0.0625. The van der Waals surface area contributed by atoms with Crippen LogP contribution in [-0.4, -0.2) is 6.21 Å². The van der Waals surface area contributed by atoms with E-state index in [2.05, 4.69) is 18.2 Å². The van der Waals surface area contributed by atoms with Gasteiger partial charge in [0.05, 0.1) is 5.70 Å². The van der Waals surface area contributed by atoms with Crippen LogP contribution in [0.25, 0.3) is 6.08 Å². The Labute approximate surface area is 103 Å². The molecule has 1 nitrogen and oxygen atoms in total. The smallest absolute Gasteiger partial charge is 0.0629 e. The van der Waals surface area contributed by atoms with Crippen LogP contribution in [0.2, 0.25) is 0 Å². The summed E-state index contributed by atoms with van der Waals surface area (Å²) in [6.45, 7) is 7.39. The molecule has 0 aliphatic carbocycles. The van der Waals surface area contributed by atoms with Gasteiger partial charge in [0.25, 0.3) is 0 Å². The highest BCUT2D eigenvalue weighted by atomic mass is 14.7. The summed E-state index contributed by atoms with van der Waals surface area (Å²) in [7, 11) is 0. The van der Waals surface area contributed by atoms with Crippen LogP contribution < -0.4 is 0 Å². The van der Waals surface area contributed by atoms with Crippen LogP contribution >= 0.6 is 0 Å². The molecular formula is C16H17N. The van der Waals surface area contributed by atoms with Gasteiger partial charge in [-0.15, -0.1) is 6.58 Å². The zero-order chi connectivity index (χ0) is 12.3. The standard InChI is InChI=1S/C16H17N/c1-3-5-6-10-13-17-16(4-2)14-15-11-8-7-9-12-15/h3-4,6-14H,1-2,5H2. The zero-order valence-corrected chi connectivity index (χ0v) is 9.92. The Kier molecular flexibility index (Phi) is 6.12. The van der Waals surface area contributed by atoms with E-state index in [1.54, 1.807) is 12.3 Å². The molecular weight excluding hydrogens is 206 g/mol. The molecule has 0 saturated heterocycles. The van der Waals surface area contributed by atoms with Crippen LogP contribution in [0.4, 0.5) is 0 Å². The van der Waals surface area contributed by atoms with Crippen molar-refractivity contribution in [2.45, 2.75) is 6.42 Å². The minimum Gasteiger partial charge on any atom is -0.257 e.